The molecule has 1 aromatic carbocycles. The Kier molecular flexibility index (Phi) is 5.74. The van der Waals surface area contributed by atoms with Crippen LogP contribution >= 0.6 is 0 Å². The van der Waals surface area contributed by atoms with Crippen molar-refractivity contribution in [2.45, 2.75) is 50.7 Å². The van der Waals surface area contributed by atoms with E-state index in [0.29, 0.717) is 6.04 Å². The molecular formula is C19H29N3O2. The van der Waals surface area contributed by atoms with Crippen LogP contribution in [0.1, 0.15) is 44.2 Å². The molecule has 2 aliphatic rings. The normalized spacial score (nSPS) is 24.1. The topological polar surface area (TPSA) is 55.8 Å². The molecule has 5 heteroatoms. The standard InChI is InChI=1S/C19H29N3O2/c1-15(16-6-3-2-4-7-16)21-12-9-17(10-13-21)20-19(24)22-11-5-8-18(22)14-23/h2-4,6-7,15,17-18,23H,5,8-14H2,1H3,(H,20,24). The van der Waals surface area contributed by atoms with Crippen LogP contribution in [0.5, 0.6) is 0 Å². The van der Waals surface area contributed by atoms with E-state index >= 15 is 0 Å². The summed E-state index contributed by atoms with van der Waals surface area (Å²) in [5.74, 6) is 0. The number of piperidine rings is 1. The zero-order valence-electron chi connectivity index (χ0n) is 14.5. The van der Waals surface area contributed by atoms with Gasteiger partial charge in [0, 0.05) is 31.7 Å². The lowest BCUT2D eigenvalue weighted by Crippen LogP contribution is -2.51. The van der Waals surface area contributed by atoms with E-state index in [9.17, 15) is 9.90 Å². The second-order valence-corrected chi connectivity index (χ2v) is 7.02. The molecule has 3 rings (SSSR count). The molecule has 2 atom stereocenters. The summed E-state index contributed by atoms with van der Waals surface area (Å²) in [5, 5.41) is 12.5. The molecule has 0 aliphatic carbocycles. The average molecular weight is 331 g/mol. The first-order valence-electron chi connectivity index (χ1n) is 9.16. The Balaban J connectivity index is 1.48. The first kappa shape index (κ1) is 17.2. The molecule has 2 fully saturated rings. The van der Waals surface area contributed by atoms with Gasteiger partial charge < -0.3 is 15.3 Å². The third kappa shape index (κ3) is 3.90. The van der Waals surface area contributed by atoms with Crippen molar-refractivity contribution in [3.63, 3.8) is 0 Å². The minimum Gasteiger partial charge on any atom is -0.394 e. The van der Waals surface area contributed by atoms with Gasteiger partial charge in [-0.1, -0.05) is 30.3 Å². The van der Waals surface area contributed by atoms with Gasteiger partial charge in [-0.15, -0.1) is 0 Å². The molecule has 0 aromatic heterocycles. The predicted octanol–water partition coefficient (Wildman–Crippen LogP) is 2.38. The molecule has 0 saturated carbocycles. The molecule has 1 aromatic rings. The minimum atomic E-state index is 0.00103. The highest BCUT2D eigenvalue weighted by atomic mass is 16.3. The predicted molar refractivity (Wildman–Crippen MR) is 94.8 cm³/mol. The fourth-order valence-electron chi connectivity index (χ4n) is 3.92. The quantitative estimate of drug-likeness (QED) is 0.891. The van der Waals surface area contributed by atoms with E-state index in [1.165, 1.54) is 5.56 Å². The molecule has 2 N–H and O–H groups in total. The maximum atomic E-state index is 12.4. The Labute approximate surface area is 144 Å². The van der Waals surface area contributed by atoms with Crippen LogP contribution in [-0.2, 0) is 0 Å². The van der Waals surface area contributed by atoms with E-state index in [4.69, 9.17) is 0 Å². The molecule has 0 bridgehead atoms. The number of nitrogens with zero attached hydrogens (tertiary/aromatic N) is 2. The second-order valence-electron chi connectivity index (χ2n) is 7.02. The SMILES string of the molecule is CC(c1ccccc1)N1CCC(NC(=O)N2CCCC2CO)CC1. The van der Waals surface area contributed by atoms with Crippen LogP contribution in [0.4, 0.5) is 4.79 Å². The second kappa shape index (κ2) is 7.99. The first-order valence-corrected chi connectivity index (χ1v) is 9.16. The first-order chi connectivity index (χ1) is 11.7. The third-order valence-electron chi connectivity index (χ3n) is 5.54. The molecular weight excluding hydrogens is 302 g/mol. The van der Waals surface area contributed by atoms with E-state index in [1.54, 1.807) is 4.90 Å². The fourth-order valence-corrected chi connectivity index (χ4v) is 3.92. The van der Waals surface area contributed by atoms with Crippen LogP contribution < -0.4 is 5.32 Å². The lowest BCUT2D eigenvalue weighted by molar-refractivity contribution is 0.135. The van der Waals surface area contributed by atoms with Gasteiger partial charge in [0.05, 0.1) is 12.6 Å². The smallest absolute Gasteiger partial charge is 0.317 e. The largest absolute Gasteiger partial charge is 0.394 e. The summed E-state index contributed by atoms with van der Waals surface area (Å²) < 4.78 is 0. The van der Waals surface area contributed by atoms with Gasteiger partial charge in [-0.25, -0.2) is 4.79 Å². The highest BCUT2D eigenvalue weighted by Gasteiger charge is 2.30. The summed E-state index contributed by atoms with van der Waals surface area (Å²) >= 11 is 0. The summed E-state index contributed by atoms with van der Waals surface area (Å²) in [6.45, 7) is 5.10. The number of aliphatic hydroxyl groups excluding tert-OH is 1. The number of nitrogens with one attached hydrogen (secondary N) is 1. The number of carbonyl (C=O) groups is 1. The Bertz CT molecular complexity index is 529. The van der Waals surface area contributed by atoms with Gasteiger partial charge in [0.25, 0.3) is 0 Å². The van der Waals surface area contributed by atoms with Crippen LogP contribution in [-0.4, -0.2) is 59.3 Å². The molecule has 2 aliphatic heterocycles. The molecule has 0 radical (unpaired) electrons. The molecule has 0 spiro atoms. The Hall–Kier alpha value is -1.59. The number of aliphatic hydroxyl groups is 1. The third-order valence-corrected chi connectivity index (χ3v) is 5.54. The number of hydrogen-bond acceptors (Lipinski definition) is 3. The van der Waals surface area contributed by atoms with Crippen molar-refractivity contribution >= 4 is 6.03 Å². The van der Waals surface area contributed by atoms with Gasteiger partial charge in [-0.05, 0) is 38.2 Å². The maximum Gasteiger partial charge on any atom is 0.317 e. The van der Waals surface area contributed by atoms with E-state index in [0.717, 1.165) is 45.3 Å². The number of benzene rings is 1. The molecule has 2 amide bonds. The van der Waals surface area contributed by atoms with E-state index in [-0.39, 0.29) is 24.7 Å². The van der Waals surface area contributed by atoms with Gasteiger partial charge >= 0.3 is 6.03 Å². The fraction of sp³-hybridized carbons (Fsp3) is 0.632. The number of amides is 2. The number of likely N-dealkylation sites (tertiary alicyclic amines) is 2. The van der Waals surface area contributed by atoms with Crippen LogP contribution in [0.25, 0.3) is 0 Å². The molecule has 132 valence electrons. The van der Waals surface area contributed by atoms with Crippen LogP contribution in [0.3, 0.4) is 0 Å². The summed E-state index contributed by atoms with van der Waals surface area (Å²) in [7, 11) is 0. The molecule has 24 heavy (non-hydrogen) atoms. The Morgan fingerprint density at radius 1 is 1.21 bits per heavy atom. The van der Waals surface area contributed by atoms with Crippen molar-refractivity contribution in [3.05, 3.63) is 35.9 Å². The highest BCUT2D eigenvalue weighted by molar-refractivity contribution is 5.75. The van der Waals surface area contributed by atoms with Crippen molar-refractivity contribution in [1.82, 2.24) is 15.1 Å². The zero-order chi connectivity index (χ0) is 16.9. The maximum absolute atomic E-state index is 12.4. The highest BCUT2D eigenvalue weighted by Crippen LogP contribution is 2.24. The van der Waals surface area contributed by atoms with Crippen molar-refractivity contribution in [3.8, 4) is 0 Å². The number of rotatable bonds is 4. The zero-order valence-corrected chi connectivity index (χ0v) is 14.5. The summed E-state index contributed by atoms with van der Waals surface area (Å²) in [5.41, 5.74) is 1.35. The number of carbonyl (C=O) groups excluding carboxylic acids is 1. The van der Waals surface area contributed by atoms with Gasteiger partial charge in [-0.2, -0.15) is 0 Å². The average Bonchev–Trinajstić information content (AvgIpc) is 3.11. The molecule has 2 heterocycles. The summed E-state index contributed by atoms with van der Waals surface area (Å²) in [6, 6.07) is 11.3. The van der Waals surface area contributed by atoms with Crippen molar-refractivity contribution in [2.24, 2.45) is 0 Å². The lowest BCUT2D eigenvalue weighted by atomic mass is 10.0. The summed E-state index contributed by atoms with van der Waals surface area (Å²) in [4.78, 5) is 16.7. The molecule has 2 saturated heterocycles. The van der Waals surface area contributed by atoms with Gasteiger partial charge in [0.1, 0.15) is 0 Å². The Morgan fingerprint density at radius 3 is 2.58 bits per heavy atom. The van der Waals surface area contributed by atoms with Gasteiger partial charge in [-0.3, -0.25) is 4.90 Å². The van der Waals surface area contributed by atoms with Crippen molar-refractivity contribution in [1.29, 1.82) is 0 Å². The number of urea groups is 1. The molecule has 2 unspecified atom stereocenters. The van der Waals surface area contributed by atoms with Crippen LogP contribution in [0, 0.1) is 0 Å². The number of hydrogen-bond donors (Lipinski definition) is 2. The lowest BCUT2D eigenvalue weighted by Gasteiger charge is -2.37. The van der Waals surface area contributed by atoms with Gasteiger partial charge in [0.2, 0.25) is 0 Å². The minimum absolute atomic E-state index is 0.00103. The van der Waals surface area contributed by atoms with Crippen molar-refractivity contribution in [2.75, 3.05) is 26.2 Å². The van der Waals surface area contributed by atoms with Gasteiger partial charge in [0.15, 0.2) is 0 Å². The van der Waals surface area contributed by atoms with Crippen LogP contribution in [0.2, 0.25) is 0 Å². The van der Waals surface area contributed by atoms with Crippen molar-refractivity contribution < 1.29 is 9.90 Å². The van der Waals surface area contributed by atoms with E-state index in [2.05, 4.69) is 47.5 Å². The molecule has 5 nitrogen and oxygen atoms in total. The van der Waals surface area contributed by atoms with E-state index in [1.807, 2.05) is 0 Å². The van der Waals surface area contributed by atoms with E-state index < -0.39 is 0 Å². The monoisotopic (exact) mass is 331 g/mol. The van der Waals surface area contributed by atoms with Crippen LogP contribution in [0.15, 0.2) is 30.3 Å². The summed E-state index contributed by atoms with van der Waals surface area (Å²) in [6.07, 6.45) is 3.88. The Morgan fingerprint density at radius 2 is 1.92 bits per heavy atom.